The van der Waals surface area contributed by atoms with Gasteiger partial charge in [-0.25, -0.2) is 13.1 Å². The van der Waals surface area contributed by atoms with Crippen molar-refractivity contribution in [2.75, 3.05) is 18.1 Å². The predicted octanol–water partition coefficient (Wildman–Crippen LogP) is 0.966. The van der Waals surface area contributed by atoms with E-state index < -0.39 is 9.84 Å². The molecule has 1 aliphatic rings. The van der Waals surface area contributed by atoms with E-state index in [1.165, 1.54) is 0 Å². The molecule has 1 amide bonds. The van der Waals surface area contributed by atoms with Crippen molar-refractivity contribution in [3.63, 3.8) is 0 Å². The Balaban J connectivity index is 1.52. The van der Waals surface area contributed by atoms with Crippen molar-refractivity contribution in [3.05, 3.63) is 48.3 Å². The lowest BCUT2D eigenvalue weighted by molar-refractivity contribution is -0.120. The zero-order valence-corrected chi connectivity index (χ0v) is 13.5. The van der Waals surface area contributed by atoms with Gasteiger partial charge in [0.15, 0.2) is 9.84 Å². The maximum absolute atomic E-state index is 12.0. The molecule has 2 aromatic rings. The highest BCUT2D eigenvalue weighted by Crippen LogP contribution is 2.17. The zero-order chi connectivity index (χ0) is 16.3. The number of nitrogens with zero attached hydrogens (tertiary/aromatic N) is 2. The molecule has 1 N–H and O–H groups in total. The van der Waals surface area contributed by atoms with Gasteiger partial charge in [0.2, 0.25) is 5.91 Å². The van der Waals surface area contributed by atoms with Gasteiger partial charge in [0.05, 0.1) is 29.8 Å². The number of amides is 1. The third kappa shape index (κ3) is 4.19. The molecule has 3 rings (SSSR count). The van der Waals surface area contributed by atoms with Gasteiger partial charge in [-0.1, -0.05) is 18.2 Å². The number of nitrogens with one attached hydrogen (secondary N) is 1. The molecule has 0 radical (unpaired) electrons. The first-order valence-electron chi connectivity index (χ1n) is 7.58. The van der Waals surface area contributed by atoms with Crippen molar-refractivity contribution in [1.82, 2.24) is 15.1 Å². The van der Waals surface area contributed by atoms with Gasteiger partial charge in [0, 0.05) is 12.7 Å². The summed E-state index contributed by atoms with van der Waals surface area (Å²) >= 11 is 0. The van der Waals surface area contributed by atoms with E-state index in [0.717, 1.165) is 11.3 Å². The number of benzene rings is 1. The molecule has 2 heterocycles. The summed E-state index contributed by atoms with van der Waals surface area (Å²) < 4.78 is 24.5. The second-order valence-electron chi connectivity index (χ2n) is 5.88. The summed E-state index contributed by atoms with van der Waals surface area (Å²) in [4.78, 5) is 12.0. The minimum Gasteiger partial charge on any atom is -0.356 e. The Morgan fingerprint density at radius 1 is 1.30 bits per heavy atom. The number of sulfone groups is 1. The van der Waals surface area contributed by atoms with Gasteiger partial charge in [-0.15, -0.1) is 0 Å². The number of aromatic nitrogens is 2. The molecule has 1 saturated heterocycles. The fourth-order valence-electron chi connectivity index (χ4n) is 2.71. The predicted molar refractivity (Wildman–Crippen MR) is 87.0 cm³/mol. The molecule has 1 fully saturated rings. The molecule has 1 aromatic carbocycles. The SMILES string of the molecule is O=C(Cc1cnn(-c2ccccc2)c1)NCC1CCS(=O)(=O)C1. The quantitative estimate of drug-likeness (QED) is 0.884. The summed E-state index contributed by atoms with van der Waals surface area (Å²) in [5.74, 6) is 0.342. The first-order valence-corrected chi connectivity index (χ1v) is 9.40. The van der Waals surface area contributed by atoms with E-state index in [4.69, 9.17) is 0 Å². The molecule has 0 bridgehead atoms. The molecule has 0 spiro atoms. The molecule has 1 unspecified atom stereocenters. The van der Waals surface area contributed by atoms with Crippen LogP contribution in [0.25, 0.3) is 5.69 Å². The lowest BCUT2D eigenvalue weighted by Gasteiger charge is -2.08. The maximum Gasteiger partial charge on any atom is 0.224 e. The second-order valence-corrected chi connectivity index (χ2v) is 8.11. The van der Waals surface area contributed by atoms with Crippen LogP contribution in [-0.4, -0.2) is 42.2 Å². The van der Waals surface area contributed by atoms with Gasteiger partial charge in [0.1, 0.15) is 0 Å². The highest BCUT2D eigenvalue weighted by Gasteiger charge is 2.27. The topological polar surface area (TPSA) is 81.1 Å². The van der Waals surface area contributed by atoms with Crippen molar-refractivity contribution in [2.24, 2.45) is 5.92 Å². The maximum atomic E-state index is 12.0. The van der Waals surface area contributed by atoms with E-state index in [0.29, 0.717) is 13.0 Å². The third-order valence-corrected chi connectivity index (χ3v) is 5.77. The summed E-state index contributed by atoms with van der Waals surface area (Å²) in [5.41, 5.74) is 1.76. The van der Waals surface area contributed by atoms with Gasteiger partial charge >= 0.3 is 0 Å². The molecule has 1 atom stereocenters. The van der Waals surface area contributed by atoms with Gasteiger partial charge in [-0.3, -0.25) is 4.79 Å². The van der Waals surface area contributed by atoms with Gasteiger partial charge in [-0.05, 0) is 30.0 Å². The Labute approximate surface area is 135 Å². The lowest BCUT2D eigenvalue weighted by atomic mass is 10.1. The van der Waals surface area contributed by atoms with Crippen LogP contribution in [0.5, 0.6) is 0 Å². The van der Waals surface area contributed by atoms with Crippen molar-refractivity contribution in [3.8, 4) is 5.69 Å². The van der Waals surface area contributed by atoms with Crippen LogP contribution in [0.4, 0.5) is 0 Å². The van der Waals surface area contributed by atoms with Crippen LogP contribution >= 0.6 is 0 Å². The van der Waals surface area contributed by atoms with Crippen molar-refractivity contribution in [1.29, 1.82) is 0 Å². The zero-order valence-electron chi connectivity index (χ0n) is 12.7. The molecular weight excluding hydrogens is 314 g/mol. The highest BCUT2D eigenvalue weighted by atomic mass is 32.2. The Bertz CT molecular complexity index is 784. The largest absolute Gasteiger partial charge is 0.356 e. The number of carbonyl (C=O) groups excluding carboxylic acids is 1. The summed E-state index contributed by atoms with van der Waals surface area (Å²) in [6.45, 7) is 0.422. The Kier molecular flexibility index (Phi) is 4.47. The van der Waals surface area contributed by atoms with Gasteiger partial charge in [-0.2, -0.15) is 5.10 Å². The Morgan fingerprint density at radius 2 is 2.09 bits per heavy atom. The average molecular weight is 333 g/mol. The normalized spacial score (nSPS) is 19.6. The van der Waals surface area contributed by atoms with Crippen LogP contribution in [0.3, 0.4) is 0 Å². The van der Waals surface area contributed by atoms with Crippen LogP contribution in [0, 0.1) is 5.92 Å². The van der Waals surface area contributed by atoms with Gasteiger partial charge < -0.3 is 5.32 Å². The van der Waals surface area contributed by atoms with Crippen LogP contribution in [0.1, 0.15) is 12.0 Å². The Morgan fingerprint density at radius 3 is 2.78 bits per heavy atom. The number of hydrogen-bond acceptors (Lipinski definition) is 4. The van der Waals surface area contributed by atoms with E-state index in [9.17, 15) is 13.2 Å². The number of carbonyl (C=O) groups is 1. The van der Waals surface area contributed by atoms with E-state index in [2.05, 4.69) is 10.4 Å². The summed E-state index contributed by atoms with van der Waals surface area (Å²) in [6.07, 6.45) is 4.38. The standard InChI is InChI=1S/C16H19N3O3S/c20-16(17-9-13-6-7-23(21,22)12-13)8-14-10-18-19(11-14)15-4-2-1-3-5-15/h1-5,10-11,13H,6-9,12H2,(H,17,20). The van der Waals surface area contributed by atoms with Crippen molar-refractivity contribution >= 4 is 15.7 Å². The first kappa shape index (κ1) is 15.7. The van der Waals surface area contributed by atoms with E-state index in [1.54, 1.807) is 10.9 Å². The van der Waals surface area contributed by atoms with Crippen molar-refractivity contribution < 1.29 is 13.2 Å². The summed E-state index contributed by atoms with van der Waals surface area (Å²) in [6, 6.07) is 9.68. The van der Waals surface area contributed by atoms with E-state index in [-0.39, 0.29) is 29.8 Å². The average Bonchev–Trinajstić information content (AvgIpc) is 3.12. The minimum absolute atomic E-state index is 0.0380. The molecule has 6 nitrogen and oxygen atoms in total. The van der Waals surface area contributed by atoms with Crippen LogP contribution in [0.15, 0.2) is 42.7 Å². The van der Waals surface area contributed by atoms with Crippen LogP contribution in [0.2, 0.25) is 0 Å². The van der Waals surface area contributed by atoms with Crippen LogP contribution in [-0.2, 0) is 21.1 Å². The Hall–Kier alpha value is -2.15. The lowest BCUT2D eigenvalue weighted by Crippen LogP contribution is -2.30. The summed E-state index contributed by atoms with van der Waals surface area (Å²) in [7, 11) is -2.89. The van der Waals surface area contributed by atoms with Crippen molar-refractivity contribution in [2.45, 2.75) is 12.8 Å². The molecule has 122 valence electrons. The van der Waals surface area contributed by atoms with Crippen LogP contribution < -0.4 is 5.32 Å². The summed E-state index contributed by atoms with van der Waals surface area (Å²) in [5, 5.41) is 7.07. The molecule has 0 aliphatic carbocycles. The molecular formula is C16H19N3O3S. The third-order valence-electron chi connectivity index (χ3n) is 3.94. The second kappa shape index (κ2) is 6.54. The monoisotopic (exact) mass is 333 g/mol. The smallest absolute Gasteiger partial charge is 0.224 e. The number of hydrogen-bond donors (Lipinski definition) is 1. The molecule has 7 heteroatoms. The fourth-order valence-corrected chi connectivity index (χ4v) is 4.57. The molecule has 0 saturated carbocycles. The van der Waals surface area contributed by atoms with Gasteiger partial charge in [0.25, 0.3) is 0 Å². The van der Waals surface area contributed by atoms with E-state index >= 15 is 0 Å². The number of rotatable bonds is 5. The highest BCUT2D eigenvalue weighted by molar-refractivity contribution is 7.91. The van der Waals surface area contributed by atoms with E-state index in [1.807, 2.05) is 36.5 Å². The molecule has 23 heavy (non-hydrogen) atoms. The molecule has 1 aliphatic heterocycles. The fraction of sp³-hybridized carbons (Fsp3) is 0.375. The first-order chi connectivity index (χ1) is 11.0. The molecule has 1 aromatic heterocycles. The number of para-hydroxylation sites is 1. The minimum atomic E-state index is -2.89.